The molecule has 0 heterocycles. The Labute approximate surface area is 262 Å². The summed E-state index contributed by atoms with van der Waals surface area (Å²) in [6, 6.07) is 4.30. The van der Waals surface area contributed by atoms with Crippen molar-refractivity contribution in [2.45, 2.75) is 75.5 Å². The molecule has 10 nitrogen and oxygen atoms in total. The van der Waals surface area contributed by atoms with Gasteiger partial charge in [0.25, 0.3) is 0 Å². The van der Waals surface area contributed by atoms with Crippen LogP contribution in [-0.2, 0) is 38.0 Å². The maximum atomic E-state index is 11.9. The molecule has 0 aliphatic carbocycles. The highest BCUT2D eigenvalue weighted by Gasteiger charge is 2.28. The van der Waals surface area contributed by atoms with Gasteiger partial charge in [-0.05, 0) is 40.5 Å². The highest BCUT2D eigenvalue weighted by molar-refractivity contribution is 8.42. The molecule has 0 aromatic heterocycles. The van der Waals surface area contributed by atoms with Crippen molar-refractivity contribution in [3.8, 4) is 12.1 Å². The lowest BCUT2D eigenvalue weighted by atomic mass is 10.1. The number of thioether (sulfide) groups is 2. The standard InChI is InChI=1S/C25H38N2O8S5/c1-18(32-12-14-34-21(28)6-8-24(4,16-26)39-20(3)36)30-10-11-31-19(2)33-13-15-35-22(29)7-9-25(5,17-27)40-23(37)38/h18-19,36H,3,6-15H2,1-2,4-5H3,(H,37,38). The molecule has 0 bridgehead atoms. The molecule has 0 saturated carbocycles. The van der Waals surface area contributed by atoms with Crippen LogP contribution in [0.1, 0.15) is 53.4 Å². The molecule has 0 saturated heterocycles. The van der Waals surface area contributed by atoms with Crippen molar-refractivity contribution < 1.29 is 38.0 Å². The summed E-state index contributed by atoms with van der Waals surface area (Å²) in [6.45, 7) is 11.4. The third kappa shape index (κ3) is 20.8. The molecule has 0 aliphatic rings. The Bertz CT molecular complexity index is 841. The van der Waals surface area contributed by atoms with Gasteiger partial charge in [-0.15, -0.1) is 25.3 Å². The van der Waals surface area contributed by atoms with Crippen LogP contribution in [-0.4, -0.2) is 77.2 Å². The van der Waals surface area contributed by atoms with E-state index in [4.69, 9.17) is 40.6 Å². The number of nitriles is 2. The number of carbonyl (C=O) groups excluding carboxylic acids is 2. The highest BCUT2D eigenvalue weighted by atomic mass is 32.2. The molecule has 0 fully saturated rings. The Kier molecular flexibility index (Phi) is 21.1. The van der Waals surface area contributed by atoms with E-state index in [2.05, 4.69) is 44.0 Å². The van der Waals surface area contributed by atoms with E-state index >= 15 is 0 Å². The molecule has 4 unspecified atom stereocenters. The van der Waals surface area contributed by atoms with Crippen LogP contribution in [0, 0.1) is 22.7 Å². The van der Waals surface area contributed by atoms with Gasteiger partial charge < -0.3 is 28.4 Å². The zero-order valence-electron chi connectivity index (χ0n) is 23.2. The summed E-state index contributed by atoms with van der Waals surface area (Å²) in [4.78, 5) is 23.8. The number of ether oxygens (including phenoxy) is 6. The van der Waals surface area contributed by atoms with E-state index in [1.807, 2.05) is 0 Å². The molecule has 40 heavy (non-hydrogen) atoms. The Balaban J connectivity index is 3.86. The predicted molar refractivity (Wildman–Crippen MR) is 166 cm³/mol. The first kappa shape index (κ1) is 39.0. The SMILES string of the molecule is C=C(S)SC(C)(C#N)CCC(=O)OCCOC(C)OCCOC(C)OCCOC(=O)CCC(C)(C#N)SC(=S)S. The summed E-state index contributed by atoms with van der Waals surface area (Å²) in [5.41, 5.74) is 0. The van der Waals surface area contributed by atoms with Gasteiger partial charge in [0.1, 0.15) is 26.2 Å². The van der Waals surface area contributed by atoms with Gasteiger partial charge in [-0.3, -0.25) is 9.59 Å². The molecule has 0 aromatic rings. The molecule has 0 radical (unpaired) electrons. The topological polar surface area (TPSA) is 137 Å². The van der Waals surface area contributed by atoms with Gasteiger partial charge >= 0.3 is 11.9 Å². The van der Waals surface area contributed by atoms with Crippen LogP contribution >= 0.6 is 61.0 Å². The lowest BCUT2D eigenvalue weighted by Crippen LogP contribution is -2.23. The molecule has 226 valence electrons. The first-order valence-corrected chi connectivity index (χ1v) is 15.3. The highest BCUT2D eigenvalue weighted by Crippen LogP contribution is 2.36. The number of carbonyl (C=O) groups is 2. The average molecular weight is 655 g/mol. The van der Waals surface area contributed by atoms with Crippen molar-refractivity contribution in [2.24, 2.45) is 0 Å². The van der Waals surface area contributed by atoms with Gasteiger partial charge in [0.2, 0.25) is 0 Å². The van der Waals surface area contributed by atoms with Crippen molar-refractivity contribution in [3.63, 3.8) is 0 Å². The van der Waals surface area contributed by atoms with E-state index in [0.717, 1.165) is 11.8 Å². The average Bonchev–Trinajstić information content (AvgIpc) is 2.88. The minimum absolute atomic E-state index is 0.0574. The number of hydrogen-bond donors (Lipinski definition) is 2. The second-order valence-corrected chi connectivity index (χ2v) is 14.3. The van der Waals surface area contributed by atoms with Gasteiger partial charge in [0.05, 0.1) is 38.6 Å². The first-order chi connectivity index (χ1) is 18.7. The maximum Gasteiger partial charge on any atom is 0.305 e. The molecule has 15 heteroatoms. The van der Waals surface area contributed by atoms with Crippen molar-refractivity contribution in [1.82, 2.24) is 0 Å². The Morgan fingerprint density at radius 2 is 1.15 bits per heavy atom. The van der Waals surface area contributed by atoms with Gasteiger partial charge in [-0.25, -0.2) is 0 Å². The lowest BCUT2D eigenvalue weighted by Gasteiger charge is -2.20. The van der Waals surface area contributed by atoms with Crippen molar-refractivity contribution in [1.29, 1.82) is 10.5 Å². The third-order valence-corrected chi connectivity index (χ3v) is 7.63. The van der Waals surface area contributed by atoms with E-state index < -0.39 is 34.0 Å². The number of thiocarbonyl (C=S) groups is 1. The number of nitrogens with zero attached hydrogens (tertiary/aromatic N) is 2. The zero-order valence-corrected chi connectivity index (χ0v) is 27.5. The summed E-state index contributed by atoms with van der Waals surface area (Å²) in [6.07, 6.45) is -0.305. The van der Waals surface area contributed by atoms with Crippen molar-refractivity contribution >= 4 is 76.5 Å². The number of esters is 2. The van der Waals surface area contributed by atoms with E-state index in [1.165, 1.54) is 11.8 Å². The summed E-state index contributed by atoms with van der Waals surface area (Å²) < 4.78 is 31.3. The van der Waals surface area contributed by atoms with Crippen LogP contribution in [0.2, 0.25) is 0 Å². The third-order valence-electron chi connectivity index (χ3n) is 4.93. The quantitative estimate of drug-likeness (QED) is 0.0531. The second kappa shape index (κ2) is 21.7. The van der Waals surface area contributed by atoms with Crippen molar-refractivity contribution in [3.05, 3.63) is 10.8 Å². The van der Waals surface area contributed by atoms with Crippen LogP contribution in [0.15, 0.2) is 10.8 Å². The zero-order chi connectivity index (χ0) is 30.6. The fourth-order valence-corrected chi connectivity index (χ4v) is 5.97. The lowest BCUT2D eigenvalue weighted by molar-refractivity contribution is -0.179. The summed E-state index contributed by atoms with van der Waals surface area (Å²) in [5.74, 6) is -0.852. The van der Waals surface area contributed by atoms with E-state index in [9.17, 15) is 20.1 Å². The molecule has 0 amide bonds. The van der Waals surface area contributed by atoms with Gasteiger partial charge in [0.15, 0.2) is 12.6 Å². The summed E-state index contributed by atoms with van der Waals surface area (Å²) >= 11 is 15.4. The van der Waals surface area contributed by atoms with Crippen LogP contribution in [0.4, 0.5) is 0 Å². The summed E-state index contributed by atoms with van der Waals surface area (Å²) in [5, 5.41) is 18.6. The molecular formula is C25H38N2O8S5. The van der Waals surface area contributed by atoms with E-state index in [-0.39, 0.29) is 58.9 Å². The Morgan fingerprint density at radius 1 is 0.800 bits per heavy atom. The summed E-state index contributed by atoms with van der Waals surface area (Å²) in [7, 11) is 0. The number of thiol groups is 2. The van der Waals surface area contributed by atoms with Gasteiger partial charge in [0, 0.05) is 17.1 Å². The van der Waals surface area contributed by atoms with Crippen molar-refractivity contribution in [2.75, 3.05) is 39.6 Å². The molecule has 0 rings (SSSR count). The molecular weight excluding hydrogens is 617 g/mol. The monoisotopic (exact) mass is 654 g/mol. The fourth-order valence-electron chi connectivity index (χ4n) is 2.80. The number of rotatable bonds is 22. The molecule has 0 aromatic carbocycles. The Morgan fingerprint density at radius 3 is 1.48 bits per heavy atom. The minimum Gasteiger partial charge on any atom is -0.463 e. The van der Waals surface area contributed by atoms with Crippen LogP contribution < -0.4 is 0 Å². The van der Waals surface area contributed by atoms with E-state index in [0.29, 0.717) is 14.2 Å². The minimum atomic E-state index is -0.835. The normalized spacial score (nSPS) is 15.4. The van der Waals surface area contributed by atoms with Gasteiger partial charge in [-0.1, -0.05) is 42.3 Å². The molecule has 0 spiro atoms. The van der Waals surface area contributed by atoms with Crippen LogP contribution in [0.5, 0.6) is 0 Å². The molecule has 0 aliphatic heterocycles. The predicted octanol–water partition coefficient (Wildman–Crippen LogP) is 5.04. The second-order valence-electron chi connectivity index (χ2n) is 8.61. The number of hydrogen-bond acceptors (Lipinski definition) is 14. The fraction of sp³-hybridized carbons (Fsp3) is 0.720. The molecule has 0 N–H and O–H groups in total. The first-order valence-electron chi connectivity index (χ1n) is 12.3. The van der Waals surface area contributed by atoms with Crippen LogP contribution in [0.3, 0.4) is 0 Å². The Hall–Kier alpha value is -1.01. The van der Waals surface area contributed by atoms with Crippen LogP contribution in [0.25, 0.3) is 0 Å². The van der Waals surface area contributed by atoms with Gasteiger partial charge in [-0.2, -0.15) is 10.5 Å². The smallest absolute Gasteiger partial charge is 0.305 e. The molecule has 4 atom stereocenters. The van der Waals surface area contributed by atoms with E-state index in [1.54, 1.807) is 27.7 Å². The largest absolute Gasteiger partial charge is 0.463 e. The maximum absolute atomic E-state index is 11.9.